The van der Waals surface area contributed by atoms with E-state index in [9.17, 15) is 0 Å². The van der Waals surface area contributed by atoms with Gasteiger partial charge in [-0.1, -0.05) is 23.5 Å². The number of pyridine rings is 2. The molecule has 112 valence electrons. The minimum Gasteiger partial charge on any atom is -0.264 e. The van der Waals surface area contributed by atoms with Crippen LogP contribution in [0, 0.1) is 13.8 Å². The van der Waals surface area contributed by atoms with Crippen molar-refractivity contribution in [1.29, 1.82) is 0 Å². The summed E-state index contributed by atoms with van der Waals surface area (Å²) < 4.78 is 0. The molecule has 0 N–H and O–H groups in total. The average Bonchev–Trinajstić information content (AvgIpc) is 3.01. The molecule has 4 heteroatoms. The fourth-order valence-electron chi connectivity index (χ4n) is 2.49. The predicted octanol–water partition coefficient (Wildman–Crippen LogP) is 5.04. The van der Waals surface area contributed by atoms with Crippen molar-refractivity contribution in [1.82, 2.24) is 15.0 Å². The van der Waals surface area contributed by atoms with Gasteiger partial charge in [0.1, 0.15) is 15.4 Å². The molecule has 0 spiro atoms. The summed E-state index contributed by atoms with van der Waals surface area (Å²) >= 11 is 1.60. The molecule has 0 radical (unpaired) electrons. The SMILES string of the molecule is Cc1ccc(-c2ccc3nc(-c4cccnc4)sc3n2)cc1C. The molecule has 0 aliphatic carbocycles. The van der Waals surface area contributed by atoms with Crippen molar-refractivity contribution < 1.29 is 0 Å². The molecule has 3 heterocycles. The van der Waals surface area contributed by atoms with Crippen molar-refractivity contribution in [2.24, 2.45) is 0 Å². The third kappa shape index (κ3) is 2.62. The van der Waals surface area contributed by atoms with Crippen LogP contribution in [0.2, 0.25) is 0 Å². The number of hydrogen-bond acceptors (Lipinski definition) is 4. The summed E-state index contributed by atoms with van der Waals surface area (Å²) in [5.41, 5.74) is 6.68. The normalized spacial score (nSPS) is 11.0. The molecule has 0 aliphatic rings. The Hall–Kier alpha value is -2.59. The number of hydrogen-bond donors (Lipinski definition) is 0. The second-order valence-electron chi connectivity index (χ2n) is 5.58. The minimum absolute atomic E-state index is 0.932. The summed E-state index contributed by atoms with van der Waals surface area (Å²) in [6.45, 7) is 4.25. The van der Waals surface area contributed by atoms with Crippen LogP contribution >= 0.6 is 11.3 Å². The smallest absolute Gasteiger partial charge is 0.144 e. The highest BCUT2D eigenvalue weighted by Crippen LogP contribution is 2.30. The highest BCUT2D eigenvalue weighted by atomic mass is 32.1. The largest absolute Gasteiger partial charge is 0.264 e. The Labute approximate surface area is 138 Å². The quantitative estimate of drug-likeness (QED) is 0.520. The lowest BCUT2D eigenvalue weighted by atomic mass is 10.0. The van der Waals surface area contributed by atoms with Crippen LogP contribution in [0.5, 0.6) is 0 Å². The molecule has 4 rings (SSSR count). The molecule has 0 saturated heterocycles. The Morgan fingerprint density at radius 1 is 0.870 bits per heavy atom. The van der Waals surface area contributed by atoms with E-state index in [1.54, 1.807) is 17.5 Å². The van der Waals surface area contributed by atoms with Crippen LogP contribution in [-0.4, -0.2) is 15.0 Å². The first-order valence-electron chi connectivity index (χ1n) is 7.46. The van der Waals surface area contributed by atoms with Crippen molar-refractivity contribution >= 4 is 21.7 Å². The summed E-state index contributed by atoms with van der Waals surface area (Å²) in [4.78, 5) is 14.6. The van der Waals surface area contributed by atoms with Gasteiger partial charge in [-0.05, 0) is 55.3 Å². The molecular weight excluding hydrogens is 302 g/mol. The van der Waals surface area contributed by atoms with Crippen molar-refractivity contribution in [3.63, 3.8) is 0 Å². The molecular formula is C19H15N3S. The van der Waals surface area contributed by atoms with Gasteiger partial charge in [-0.3, -0.25) is 4.98 Å². The molecule has 3 nitrogen and oxygen atoms in total. The molecule has 0 fully saturated rings. The van der Waals surface area contributed by atoms with E-state index in [0.717, 1.165) is 32.2 Å². The third-order valence-corrected chi connectivity index (χ3v) is 4.98. The summed E-state index contributed by atoms with van der Waals surface area (Å²) in [7, 11) is 0. The van der Waals surface area contributed by atoms with Gasteiger partial charge in [0.25, 0.3) is 0 Å². The van der Waals surface area contributed by atoms with Gasteiger partial charge >= 0.3 is 0 Å². The zero-order valence-corrected chi connectivity index (χ0v) is 13.8. The van der Waals surface area contributed by atoms with Gasteiger partial charge in [-0.15, -0.1) is 0 Å². The number of fused-ring (bicyclic) bond motifs is 1. The first-order chi connectivity index (χ1) is 11.2. The van der Waals surface area contributed by atoms with Crippen LogP contribution in [0.3, 0.4) is 0 Å². The van der Waals surface area contributed by atoms with E-state index in [0.29, 0.717) is 0 Å². The van der Waals surface area contributed by atoms with E-state index >= 15 is 0 Å². The van der Waals surface area contributed by atoms with E-state index < -0.39 is 0 Å². The van der Waals surface area contributed by atoms with Crippen LogP contribution in [0.15, 0.2) is 54.9 Å². The standard InChI is InChI=1S/C19H15N3S/c1-12-5-6-14(10-13(12)2)16-7-8-17-19(21-16)23-18(22-17)15-4-3-9-20-11-15/h3-11H,1-2H3. The topological polar surface area (TPSA) is 38.7 Å². The van der Waals surface area contributed by atoms with Gasteiger partial charge < -0.3 is 0 Å². The average molecular weight is 317 g/mol. The van der Waals surface area contributed by atoms with E-state index in [4.69, 9.17) is 4.98 Å². The van der Waals surface area contributed by atoms with Crippen molar-refractivity contribution in [3.05, 3.63) is 66.0 Å². The number of rotatable bonds is 2. The second kappa shape index (κ2) is 5.56. The van der Waals surface area contributed by atoms with Gasteiger partial charge in [0.15, 0.2) is 0 Å². The number of aryl methyl sites for hydroxylation is 2. The van der Waals surface area contributed by atoms with Gasteiger partial charge in [0.05, 0.1) is 5.69 Å². The number of nitrogens with zero attached hydrogens (tertiary/aromatic N) is 3. The first-order valence-corrected chi connectivity index (χ1v) is 8.28. The van der Waals surface area contributed by atoms with E-state index in [2.05, 4.69) is 42.0 Å². The van der Waals surface area contributed by atoms with Gasteiger partial charge in [0, 0.05) is 23.5 Å². The van der Waals surface area contributed by atoms with Crippen molar-refractivity contribution in [2.75, 3.05) is 0 Å². The second-order valence-corrected chi connectivity index (χ2v) is 6.56. The van der Waals surface area contributed by atoms with E-state index in [-0.39, 0.29) is 0 Å². The van der Waals surface area contributed by atoms with E-state index in [1.807, 2.05) is 30.5 Å². The number of thiazole rings is 1. The van der Waals surface area contributed by atoms with Crippen LogP contribution in [-0.2, 0) is 0 Å². The van der Waals surface area contributed by atoms with Crippen LogP contribution in [0.4, 0.5) is 0 Å². The molecule has 0 bridgehead atoms. The van der Waals surface area contributed by atoms with Gasteiger partial charge in [-0.25, -0.2) is 9.97 Å². The predicted molar refractivity (Wildman–Crippen MR) is 95.6 cm³/mol. The highest BCUT2D eigenvalue weighted by Gasteiger charge is 2.09. The molecule has 0 saturated carbocycles. The van der Waals surface area contributed by atoms with Crippen LogP contribution in [0.1, 0.15) is 11.1 Å². The summed E-state index contributed by atoms with van der Waals surface area (Å²) in [6, 6.07) is 14.5. The molecule has 4 aromatic rings. The Balaban J connectivity index is 1.80. The summed E-state index contributed by atoms with van der Waals surface area (Å²) in [6.07, 6.45) is 3.61. The van der Waals surface area contributed by atoms with E-state index in [1.165, 1.54) is 11.1 Å². The van der Waals surface area contributed by atoms with Crippen molar-refractivity contribution in [3.8, 4) is 21.8 Å². The Bertz CT molecular complexity index is 990. The molecule has 0 atom stereocenters. The van der Waals surface area contributed by atoms with Crippen LogP contribution in [0.25, 0.3) is 32.2 Å². The molecule has 0 amide bonds. The fourth-order valence-corrected chi connectivity index (χ4v) is 3.42. The molecule has 1 aromatic carbocycles. The maximum atomic E-state index is 4.80. The highest BCUT2D eigenvalue weighted by molar-refractivity contribution is 7.21. The first kappa shape index (κ1) is 14.0. The number of aromatic nitrogens is 3. The Morgan fingerprint density at radius 2 is 1.78 bits per heavy atom. The van der Waals surface area contributed by atoms with Crippen LogP contribution < -0.4 is 0 Å². The number of benzene rings is 1. The maximum Gasteiger partial charge on any atom is 0.144 e. The summed E-state index contributed by atoms with van der Waals surface area (Å²) in [5.74, 6) is 0. The molecule has 23 heavy (non-hydrogen) atoms. The monoisotopic (exact) mass is 317 g/mol. The van der Waals surface area contributed by atoms with Crippen molar-refractivity contribution in [2.45, 2.75) is 13.8 Å². The van der Waals surface area contributed by atoms with Gasteiger partial charge in [0.2, 0.25) is 0 Å². The zero-order valence-electron chi connectivity index (χ0n) is 12.9. The lowest BCUT2D eigenvalue weighted by Crippen LogP contribution is -1.86. The zero-order chi connectivity index (χ0) is 15.8. The minimum atomic E-state index is 0.932. The van der Waals surface area contributed by atoms with Gasteiger partial charge in [-0.2, -0.15) is 0 Å². The summed E-state index contributed by atoms with van der Waals surface area (Å²) in [5, 5.41) is 0.956. The Kier molecular flexibility index (Phi) is 3.39. The molecule has 3 aromatic heterocycles. The maximum absolute atomic E-state index is 4.80. The lowest BCUT2D eigenvalue weighted by molar-refractivity contribution is 1.31. The lowest BCUT2D eigenvalue weighted by Gasteiger charge is -2.04. The molecule has 0 unspecified atom stereocenters. The Morgan fingerprint density at radius 3 is 2.57 bits per heavy atom. The molecule has 0 aliphatic heterocycles. The fraction of sp³-hybridized carbons (Fsp3) is 0.105. The third-order valence-electron chi connectivity index (χ3n) is 3.97.